The molecule has 1 heterocycles. The van der Waals surface area contributed by atoms with E-state index in [1.54, 1.807) is 7.11 Å². The van der Waals surface area contributed by atoms with Crippen molar-refractivity contribution in [2.45, 2.75) is 13.0 Å². The van der Waals surface area contributed by atoms with E-state index in [1.165, 1.54) is 5.56 Å². The first-order valence-electron chi connectivity index (χ1n) is 6.95. The molecule has 0 radical (unpaired) electrons. The van der Waals surface area contributed by atoms with Crippen LogP contribution < -0.4 is 0 Å². The third-order valence-corrected chi connectivity index (χ3v) is 3.75. The van der Waals surface area contributed by atoms with Crippen LogP contribution in [0.2, 0.25) is 5.02 Å². The maximum Gasteiger partial charge on any atom is 0.114 e. The van der Waals surface area contributed by atoms with Gasteiger partial charge in [-0.3, -0.25) is 0 Å². The summed E-state index contributed by atoms with van der Waals surface area (Å²) >= 11 is 6.12. The van der Waals surface area contributed by atoms with E-state index < -0.39 is 0 Å². The highest BCUT2D eigenvalue weighted by Gasteiger charge is 2.11. The van der Waals surface area contributed by atoms with Crippen molar-refractivity contribution < 1.29 is 4.74 Å². The van der Waals surface area contributed by atoms with Gasteiger partial charge in [0.05, 0.1) is 17.6 Å². The Morgan fingerprint density at radius 1 is 1.14 bits per heavy atom. The van der Waals surface area contributed by atoms with E-state index in [4.69, 9.17) is 21.3 Å². The number of hydrogen-bond acceptors (Lipinski definition) is 2. The second-order valence-corrected chi connectivity index (χ2v) is 5.40. The minimum atomic E-state index is 0.653. The molecular formula is C17H17ClN2O. The van der Waals surface area contributed by atoms with E-state index in [0.29, 0.717) is 6.61 Å². The quantitative estimate of drug-likeness (QED) is 0.714. The van der Waals surface area contributed by atoms with Crippen LogP contribution in [0.4, 0.5) is 0 Å². The summed E-state index contributed by atoms with van der Waals surface area (Å²) in [7, 11) is 1.71. The topological polar surface area (TPSA) is 27.1 Å². The van der Waals surface area contributed by atoms with Crippen molar-refractivity contribution >= 4 is 22.6 Å². The zero-order valence-corrected chi connectivity index (χ0v) is 12.7. The van der Waals surface area contributed by atoms with Crippen LogP contribution >= 0.6 is 11.6 Å². The van der Waals surface area contributed by atoms with Crippen LogP contribution in [0, 0.1) is 0 Å². The van der Waals surface area contributed by atoms with Gasteiger partial charge in [0, 0.05) is 25.1 Å². The molecule has 1 aromatic heterocycles. The summed E-state index contributed by atoms with van der Waals surface area (Å²) in [4.78, 5) is 4.75. The van der Waals surface area contributed by atoms with Crippen molar-refractivity contribution in [3.05, 3.63) is 64.9 Å². The summed E-state index contributed by atoms with van der Waals surface area (Å²) in [6.45, 7) is 1.43. The molecule has 2 aromatic carbocycles. The largest absolute Gasteiger partial charge is 0.383 e. The Labute approximate surface area is 129 Å². The monoisotopic (exact) mass is 300 g/mol. The number of halogens is 1. The summed E-state index contributed by atoms with van der Waals surface area (Å²) < 4.78 is 7.41. The van der Waals surface area contributed by atoms with Gasteiger partial charge < -0.3 is 9.30 Å². The average molecular weight is 301 g/mol. The normalized spacial score (nSPS) is 11.1. The standard InChI is InChI=1S/C17H17ClN2O/c1-21-10-9-20-16-12-14(18)7-8-15(16)19-17(20)11-13-5-3-2-4-6-13/h2-8,12H,9-11H2,1H3. The van der Waals surface area contributed by atoms with Crippen LogP contribution in [0.5, 0.6) is 0 Å². The van der Waals surface area contributed by atoms with Gasteiger partial charge in [0.2, 0.25) is 0 Å². The molecule has 3 nitrogen and oxygen atoms in total. The van der Waals surface area contributed by atoms with Gasteiger partial charge in [-0.1, -0.05) is 41.9 Å². The lowest BCUT2D eigenvalue weighted by molar-refractivity contribution is 0.187. The molecule has 0 atom stereocenters. The molecule has 0 aliphatic rings. The van der Waals surface area contributed by atoms with Crippen molar-refractivity contribution in [2.24, 2.45) is 0 Å². The van der Waals surface area contributed by atoms with Gasteiger partial charge in [-0.15, -0.1) is 0 Å². The van der Waals surface area contributed by atoms with Gasteiger partial charge in [-0.25, -0.2) is 4.98 Å². The molecule has 0 unspecified atom stereocenters. The highest BCUT2D eigenvalue weighted by Crippen LogP contribution is 2.22. The zero-order chi connectivity index (χ0) is 14.7. The summed E-state index contributed by atoms with van der Waals surface area (Å²) in [6, 6.07) is 16.2. The number of imidazole rings is 1. The SMILES string of the molecule is COCCn1c(Cc2ccccc2)nc2ccc(Cl)cc21. The number of rotatable bonds is 5. The lowest BCUT2D eigenvalue weighted by atomic mass is 10.1. The number of benzene rings is 2. The Morgan fingerprint density at radius 2 is 1.95 bits per heavy atom. The predicted octanol–water partition coefficient (Wildman–Crippen LogP) is 3.93. The second kappa shape index (κ2) is 6.29. The molecular weight excluding hydrogens is 284 g/mol. The van der Waals surface area contributed by atoms with Gasteiger partial charge in [0.1, 0.15) is 5.82 Å². The van der Waals surface area contributed by atoms with Crippen LogP contribution in [-0.4, -0.2) is 23.3 Å². The maximum absolute atomic E-state index is 6.12. The fourth-order valence-corrected chi connectivity index (χ4v) is 2.66. The second-order valence-electron chi connectivity index (χ2n) is 4.97. The molecule has 0 fully saturated rings. The van der Waals surface area contributed by atoms with E-state index in [1.807, 2.05) is 36.4 Å². The summed E-state index contributed by atoms with van der Waals surface area (Å²) in [5.74, 6) is 1.04. The first-order chi connectivity index (χ1) is 10.3. The fourth-order valence-electron chi connectivity index (χ4n) is 2.49. The van der Waals surface area contributed by atoms with Crippen LogP contribution in [0.1, 0.15) is 11.4 Å². The smallest absolute Gasteiger partial charge is 0.114 e. The highest BCUT2D eigenvalue weighted by atomic mass is 35.5. The summed E-state index contributed by atoms with van der Waals surface area (Å²) in [5.41, 5.74) is 3.28. The lowest BCUT2D eigenvalue weighted by Gasteiger charge is -2.09. The number of fused-ring (bicyclic) bond motifs is 1. The van der Waals surface area contributed by atoms with E-state index in [0.717, 1.165) is 34.8 Å². The Bertz CT molecular complexity index is 737. The van der Waals surface area contributed by atoms with Crippen molar-refractivity contribution in [1.82, 2.24) is 9.55 Å². The molecule has 0 N–H and O–H groups in total. The molecule has 0 spiro atoms. The van der Waals surface area contributed by atoms with Crippen molar-refractivity contribution in [3.63, 3.8) is 0 Å². The van der Waals surface area contributed by atoms with E-state index >= 15 is 0 Å². The van der Waals surface area contributed by atoms with Crippen molar-refractivity contribution in [3.8, 4) is 0 Å². The number of aromatic nitrogens is 2. The van der Waals surface area contributed by atoms with Crippen molar-refractivity contribution in [2.75, 3.05) is 13.7 Å². The van der Waals surface area contributed by atoms with Gasteiger partial charge in [0.15, 0.2) is 0 Å². The molecule has 0 saturated carbocycles. The minimum Gasteiger partial charge on any atom is -0.383 e. The molecule has 0 bridgehead atoms. The lowest BCUT2D eigenvalue weighted by Crippen LogP contribution is -2.08. The third kappa shape index (κ3) is 3.09. The predicted molar refractivity (Wildman–Crippen MR) is 85.9 cm³/mol. The molecule has 0 saturated heterocycles. The number of hydrogen-bond donors (Lipinski definition) is 0. The summed E-state index contributed by atoms with van der Waals surface area (Å²) in [5, 5.41) is 0.729. The molecule has 4 heteroatoms. The van der Waals surface area contributed by atoms with Gasteiger partial charge in [0.25, 0.3) is 0 Å². The molecule has 0 aliphatic heterocycles. The van der Waals surface area contributed by atoms with Crippen LogP contribution in [0.15, 0.2) is 48.5 Å². The van der Waals surface area contributed by atoms with Crippen molar-refractivity contribution in [1.29, 1.82) is 0 Å². The molecule has 3 aromatic rings. The molecule has 0 amide bonds. The van der Waals surface area contributed by atoms with Crippen LogP contribution in [0.3, 0.4) is 0 Å². The molecule has 108 valence electrons. The number of methoxy groups -OCH3 is 1. The van der Waals surface area contributed by atoms with Crippen LogP contribution in [-0.2, 0) is 17.7 Å². The van der Waals surface area contributed by atoms with E-state index in [2.05, 4.69) is 16.7 Å². The first kappa shape index (κ1) is 14.1. The van der Waals surface area contributed by atoms with Crippen LogP contribution in [0.25, 0.3) is 11.0 Å². The van der Waals surface area contributed by atoms with Gasteiger partial charge in [-0.2, -0.15) is 0 Å². The van der Waals surface area contributed by atoms with Gasteiger partial charge >= 0.3 is 0 Å². The molecule has 3 rings (SSSR count). The Hall–Kier alpha value is -1.84. The summed E-state index contributed by atoms with van der Waals surface area (Å²) in [6.07, 6.45) is 0.802. The third-order valence-electron chi connectivity index (χ3n) is 3.51. The van der Waals surface area contributed by atoms with E-state index in [-0.39, 0.29) is 0 Å². The Morgan fingerprint density at radius 3 is 2.71 bits per heavy atom. The van der Waals surface area contributed by atoms with E-state index in [9.17, 15) is 0 Å². The van der Waals surface area contributed by atoms with Gasteiger partial charge in [-0.05, 0) is 23.8 Å². The number of nitrogens with zero attached hydrogens (tertiary/aromatic N) is 2. The minimum absolute atomic E-state index is 0.653. The zero-order valence-electron chi connectivity index (χ0n) is 11.9. The highest BCUT2D eigenvalue weighted by molar-refractivity contribution is 6.31. The maximum atomic E-state index is 6.12. The molecule has 21 heavy (non-hydrogen) atoms. The Kier molecular flexibility index (Phi) is 4.23. The fraction of sp³-hybridized carbons (Fsp3) is 0.235. The Balaban J connectivity index is 2.03. The number of ether oxygens (including phenoxy) is 1. The molecule has 0 aliphatic carbocycles. The first-order valence-corrected chi connectivity index (χ1v) is 7.33. The average Bonchev–Trinajstić information content (AvgIpc) is 2.83.